The maximum absolute atomic E-state index is 3.78. The summed E-state index contributed by atoms with van der Waals surface area (Å²) in [5.74, 6) is 3.74. The van der Waals surface area contributed by atoms with Crippen LogP contribution < -0.4 is 5.32 Å². The van der Waals surface area contributed by atoms with Crippen LogP contribution in [0.4, 0.5) is 0 Å². The Kier molecular flexibility index (Phi) is 4.79. The molecule has 0 spiro atoms. The smallest absolute Gasteiger partial charge is 0.00915 e. The molecular formula is C12H24N2S. The van der Waals surface area contributed by atoms with Gasteiger partial charge in [-0.15, -0.1) is 0 Å². The Morgan fingerprint density at radius 3 is 2.47 bits per heavy atom. The third-order valence-corrected chi connectivity index (χ3v) is 4.80. The molecule has 0 aromatic rings. The molecule has 0 amide bonds. The molecule has 0 aliphatic carbocycles. The summed E-state index contributed by atoms with van der Waals surface area (Å²) < 4.78 is 0. The molecule has 0 aromatic heterocycles. The van der Waals surface area contributed by atoms with Crippen LogP contribution in [0.3, 0.4) is 0 Å². The Morgan fingerprint density at radius 2 is 1.80 bits per heavy atom. The van der Waals surface area contributed by atoms with Crippen molar-refractivity contribution in [3.8, 4) is 0 Å². The molecule has 3 heteroatoms. The summed E-state index contributed by atoms with van der Waals surface area (Å²) >= 11 is 2.13. The molecule has 0 atom stereocenters. The second-order valence-electron chi connectivity index (χ2n) is 5.04. The average molecular weight is 228 g/mol. The average Bonchev–Trinajstić information content (AvgIpc) is 2.30. The van der Waals surface area contributed by atoms with Gasteiger partial charge in [0.2, 0.25) is 0 Å². The highest BCUT2D eigenvalue weighted by Gasteiger charge is 2.18. The number of hydrogen-bond acceptors (Lipinski definition) is 3. The Hall–Kier alpha value is 0.270. The number of thioether (sulfide) groups is 1. The maximum Gasteiger partial charge on any atom is 0.00915 e. The predicted molar refractivity (Wildman–Crippen MR) is 68.6 cm³/mol. The second kappa shape index (κ2) is 6.12. The van der Waals surface area contributed by atoms with Gasteiger partial charge in [0.1, 0.15) is 0 Å². The van der Waals surface area contributed by atoms with Crippen LogP contribution in [-0.2, 0) is 0 Å². The van der Waals surface area contributed by atoms with Gasteiger partial charge in [-0.1, -0.05) is 0 Å². The fourth-order valence-electron chi connectivity index (χ4n) is 2.50. The van der Waals surface area contributed by atoms with Crippen molar-refractivity contribution in [3.63, 3.8) is 0 Å². The lowest BCUT2D eigenvalue weighted by molar-refractivity contribution is 0.228. The number of hydrogen-bond donors (Lipinski definition) is 1. The monoisotopic (exact) mass is 228 g/mol. The first-order valence-corrected chi connectivity index (χ1v) is 7.50. The fraction of sp³-hybridized carbons (Fsp3) is 1.00. The summed E-state index contributed by atoms with van der Waals surface area (Å²) in [4.78, 5) is 2.44. The molecule has 0 bridgehead atoms. The molecule has 2 aliphatic heterocycles. The number of rotatable bonds is 3. The van der Waals surface area contributed by atoms with E-state index in [9.17, 15) is 0 Å². The normalized spacial score (nSPS) is 27.0. The zero-order chi connectivity index (χ0) is 10.5. The lowest BCUT2D eigenvalue weighted by atomic mass is 10.0. The van der Waals surface area contributed by atoms with Crippen molar-refractivity contribution in [2.45, 2.75) is 31.7 Å². The van der Waals surface area contributed by atoms with Gasteiger partial charge in [0.15, 0.2) is 0 Å². The molecule has 2 aliphatic rings. The van der Waals surface area contributed by atoms with Gasteiger partial charge in [0.05, 0.1) is 0 Å². The molecule has 0 radical (unpaired) electrons. The van der Waals surface area contributed by atoms with Gasteiger partial charge in [0.25, 0.3) is 0 Å². The second-order valence-corrected chi connectivity index (χ2v) is 6.27. The summed E-state index contributed by atoms with van der Waals surface area (Å²) in [5, 5.41) is 3.78. The highest BCUT2D eigenvalue weighted by atomic mass is 32.2. The van der Waals surface area contributed by atoms with E-state index in [4.69, 9.17) is 0 Å². The van der Waals surface area contributed by atoms with Crippen LogP contribution >= 0.6 is 11.8 Å². The summed E-state index contributed by atoms with van der Waals surface area (Å²) in [7, 11) is 2.23. The van der Waals surface area contributed by atoms with E-state index < -0.39 is 0 Å². The number of piperidine rings is 1. The fourth-order valence-corrected chi connectivity index (χ4v) is 3.70. The molecule has 2 fully saturated rings. The van der Waals surface area contributed by atoms with E-state index in [0.717, 1.165) is 12.0 Å². The number of nitrogens with zero attached hydrogens (tertiary/aromatic N) is 1. The Labute approximate surface area is 98.2 Å². The van der Waals surface area contributed by atoms with Crippen LogP contribution in [0.1, 0.15) is 25.7 Å². The predicted octanol–water partition coefficient (Wildman–Crippen LogP) is 1.81. The molecule has 0 unspecified atom stereocenters. The first kappa shape index (κ1) is 11.7. The van der Waals surface area contributed by atoms with Crippen molar-refractivity contribution in [1.82, 2.24) is 10.2 Å². The van der Waals surface area contributed by atoms with Gasteiger partial charge in [-0.25, -0.2) is 0 Å². The van der Waals surface area contributed by atoms with E-state index in [0.29, 0.717) is 0 Å². The minimum Gasteiger partial charge on any atom is -0.314 e. The highest BCUT2D eigenvalue weighted by molar-refractivity contribution is 7.99. The van der Waals surface area contributed by atoms with Crippen molar-refractivity contribution in [3.05, 3.63) is 0 Å². The van der Waals surface area contributed by atoms with E-state index in [1.54, 1.807) is 0 Å². The topological polar surface area (TPSA) is 15.3 Å². The molecule has 2 nitrogen and oxygen atoms in total. The van der Waals surface area contributed by atoms with Crippen molar-refractivity contribution < 1.29 is 0 Å². The van der Waals surface area contributed by atoms with Crippen LogP contribution in [0.2, 0.25) is 0 Å². The maximum atomic E-state index is 3.78. The molecule has 15 heavy (non-hydrogen) atoms. The van der Waals surface area contributed by atoms with Crippen LogP contribution in [0.5, 0.6) is 0 Å². The first-order chi connectivity index (χ1) is 7.34. The third-order valence-electron chi connectivity index (χ3n) is 3.75. The van der Waals surface area contributed by atoms with Crippen molar-refractivity contribution in [1.29, 1.82) is 0 Å². The summed E-state index contributed by atoms with van der Waals surface area (Å²) in [6.45, 7) is 3.82. The van der Waals surface area contributed by atoms with Gasteiger partial charge in [-0.2, -0.15) is 11.8 Å². The summed E-state index contributed by atoms with van der Waals surface area (Å²) in [6.07, 6.45) is 5.56. The highest BCUT2D eigenvalue weighted by Crippen LogP contribution is 2.22. The van der Waals surface area contributed by atoms with Crippen LogP contribution in [0.15, 0.2) is 0 Å². The van der Waals surface area contributed by atoms with E-state index in [1.807, 2.05) is 0 Å². The first-order valence-electron chi connectivity index (χ1n) is 6.34. The molecule has 88 valence electrons. The van der Waals surface area contributed by atoms with Gasteiger partial charge in [0, 0.05) is 6.04 Å². The lowest BCUT2D eigenvalue weighted by Crippen LogP contribution is -2.42. The van der Waals surface area contributed by atoms with Crippen molar-refractivity contribution in [2.75, 3.05) is 38.2 Å². The number of likely N-dealkylation sites (tertiary alicyclic amines) is 1. The van der Waals surface area contributed by atoms with E-state index in [-0.39, 0.29) is 0 Å². The summed E-state index contributed by atoms with van der Waals surface area (Å²) in [5.41, 5.74) is 0. The van der Waals surface area contributed by atoms with Crippen molar-refractivity contribution >= 4 is 11.8 Å². The Bertz CT molecular complexity index is 172. The standard InChI is InChI=1S/C12H24N2S/c1-14-6-2-12(3-7-14)13-10-11-4-8-15-9-5-11/h11-13H,2-10H2,1H3. The zero-order valence-electron chi connectivity index (χ0n) is 9.87. The molecule has 0 saturated carbocycles. The van der Waals surface area contributed by atoms with Crippen molar-refractivity contribution in [2.24, 2.45) is 5.92 Å². The Balaban J connectivity index is 1.60. The molecule has 1 N–H and O–H groups in total. The van der Waals surface area contributed by atoms with Gasteiger partial charge in [-0.3, -0.25) is 0 Å². The molecule has 2 rings (SSSR count). The van der Waals surface area contributed by atoms with Gasteiger partial charge in [-0.05, 0) is 69.8 Å². The minimum atomic E-state index is 0.802. The van der Waals surface area contributed by atoms with Crippen LogP contribution in [0, 0.1) is 5.92 Å². The van der Waals surface area contributed by atoms with E-state index >= 15 is 0 Å². The minimum absolute atomic E-state index is 0.802. The zero-order valence-corrected chi connectivity index (χ0v) is 10.7. The largest absolute Gasteiger partial charge is 0.314 e. The third kappa shape index (κ3) is 3.97. The van der Waals surface area contributed by atoms with Gasteiger partial charge >= 0.3 is 0 Å². The van der Waals surface area contributed by atoms with E-state index in [2.05, 4.69) is 29.0 Å². The van der Waals surface area contributed by atoms with Gasteiger partial charge < -0.3 is 10.2 Å². The molecule has 2 saturated heterocycles. The van der Waals surface area contributed by atoms with Crippen LogP contribution in [-0.4, -0.2) is 49.1 Å². The molecule has 0 aromatic carbocycles. The molecule has 2 heterocycles. The number of nitrogens with one attached hydrogen (secondary N) is 1. The van der Waals surface area contributed by atoms with E-state index in [1.165, 1.54) is 56.8 Å². The quantitative estimate of drug-likeness (QED) is 0.793. The van der Waals surface area contributed by atoms with Crippen LogP contribution in [0.25, 0.3) is 0 Å². The SMILES string of the molecule is CN1CCC(NCC2CCSCC2)CC1. The summed E-state index contributed by atoms with van der Waals surface area (Å²) in [6, 6.07) is 0.802. The molecular weight excluding hydrogens is 204 g/mol. The lowest BCUT2D eigenvalue weighted by Gasteiger charge is -2.31. The Morgan fingerprint density at radius 1 is 1.13 bits per heavy atom.